The van der Waals surface area contributed by atoms with Crippen LogP contribution in [-0.2, 0) is 4.79 Å². The number of carbonyl (C=O) groups is 1. The van der Waals surface area contributed by atoms with Gasteiger partial charge in [-0.05, 0) is 62.3 Å². The molecule has 6 rings (SSSR count). The lowest BCUT2D eigenvalue weighted by Gasteiger charge is -2.56. The summed E-state index contributed by atoms with van der Waals surface area (Å²) in [6.45, 7) is 0. The Morgan fingerprint density at radius 2 is 1.79 bits per heavy atom. The van der Waals surface area contributed by atoms with Gasteiger partial charge in [0.2, 0.25) is 5.91 Å². The minimum Gasteiger partial charge on any atom is -0.398 e. The first kappa shape index (κ1) is 18.7. The van der Waals surface area contributed by atoms with Crippen molar-refractivity contribution in [3.8, 4) is 11.3 Å². The number of carbonyl (C=O) groups excluding carboxylic acids is 1. The molecule has 2 aromatic rings. The largest absolute Gasteiger partial charge is 0.398 e. The highest BCUT2D eigenvalue weighted by atomic mass is 32.2. The molecule has 1 aromatic heterocycles. The van der Waals surface area contributed by atoms with Crippen LogP contribution in [0.3, 0.4) is 0 Å². The number of anilines is 1. The van der Waals surface area contributed by atoms with E-state index in [1.54, 1.807) is 24.3 Å². The third-order valence-electron chi connectivity index (χ3n) is 6.68. The molecule has 0 radical (unpaired) electrons. The average molecular weight is 412 g/mol. The van der Waals surface area contributed by atoms with E-state index in [0.717, 1.165) is 37.0 Å². The molecule has 4 N–H and O–H groups in total. The molecule has 8 heteroatoms. The van der Waals surface area contributed by atoms with Crippen LogP contribution in [0.5, 0.6) is 0 Å². The lowest BCUT2D eigenvalue weighted by Crippen LogP contribution is -2.60. The second-order valence-electron chi connectivity index (χ2n) is 8.93. The summed E-state index contributed by atoms with van der Waals surface area (Å²) in [6, 6.07) is 7.05. The fourth-order valence-corrected chi connectivity index (χ4v) is 6.61. The number of hydrogen-bond donors (Lipinski definition) is 3. The van der Waals surface area contributed by atoms with Gasteiger partial charge in [0.05, 0.1) is 5.75 Å². The summed E-state index contributed by atoms with van der Waals surface area (Å²) in [5.74, 6) is 2.59. The van der Waals surface area contributed by atoms with Gasteiger partial charge in [-0.1, -0.05) is 30.0 Å². The molecule has 29 heavy (non-hydrogen) atoms. The Hall–Kier alpha value is -2.35. The normalized spacial score (nSPS) is 29.7. The molecule has 0 atom stereocenters. The molecule has 1 heterocycles. The zero-order valence-corrected chi connectivity index (χ0v) is 17.0. The van der Waals surface area contributed by atoms with Crippen LogP contribution >= 0.6 is 11.8 Å². The van der Waals surface area contributed by atoms with E-state index in [4.69, 9.17) is 5.73 Å². The summed E-state index contributed by atoms with van der Waals surface area (Å²) >= 11 is 1.21. The fourth-order valence-electron chi connectivity index (χ4n) is 6.01. The highest BCUT2D eigenvalue weighted by molar-refractivity contribution is 7.99. The third-order valence-corrected chi connectivity index (χ3v) is 7.54. The number of amides is 1. The Labute approximate surface area is 173 Å². The molecular weight excluding hydrogens is 386 g/mol. The van der Waals surface area contributed by atoms with Gasteiger partial charge in [-0.25, -0.2) is 0 Å². The molecule has 0 saturated heterocycles. The van der Waals surface area contributed by atoms with Gasteiger partial charge < -0.3 is 11.1 Å². The summed E-state index contributed by atoms with van der Waals surface area (Å²) in [6.07, 6.45) is 7.41. The predicted molar refractivity (Wildman–Crippen MR) is 112 cm³/mol. The minimum absolute atomic E-state index is 0.000173. The van der Waals surface area contributed by atoms with Crippen LogP contribution in [0.25, 0.3) is 11.3 Å². The van der Waals surface area contributed by atoms with E-state index in [1.165, 1.54) is 31.0 Å². The zero-order valence-electron chi connectivity index (χ0n) is 16.2. The predicted octanol–water partition coefficient (Wildman–Crippen LogP) is 2.59. The van der Waals surface area contributed by atoms with Crippen molar-refractivity contribution in [2.75, 3.05) is 11.5 Å². The van der Waals surface area contributed by atoms with Crippen molar-refractivity contribution in [1.29, 1.82) is 0 Å². The number of nitrogens with zero attached hydrogens (tertiary/aromatic N) is 2. The topological polar surface area (TPSA) is 114 Å². The van der Waals surface area contributed by atoms with E-state index < -0.39 is 0 Å². The number of thioether (sulfide) groups is 1. The number of benzene rings is 1. The first-order chi connectivity index (χ1) is 14.0. The van der Waals surface area contributed by atoms with Crippen LogP contribution in [0.1, 0.15) is 38.5 Å². The number of aromatic nitrogens is 3. The Morgan fingerprint density at radius 1 is 1.14 bits per heavy atom. The summed E-state index contributed by atoms with van der Waals surface area (Å²) in [5.41, 5.74) is 6.78. The SMILES string of the molecule is Nc1ccccc1-c1nnc(SCC(=O)NC23CC4CC(CC(C4)C2)C3)[nH]c1=O. The second-order valence-corrected chi connectivity index (χ2v) is 9.89. The molecule has 0 aliphatic heterocycles. The Balaban J connectivity index is 1.23. The van der Waals surface area contributed by atoms with Gasteiger partial charge in [0, 0.05) is 16.8 Å². The van der Waals surface area contributed by atoms with Crippen LogP contribution in [0.2, 0.25) is 0 Å². The highest BCUT2D eigenvalue weighted by Crippen LogP contribution is 2.55. The van der Waals surface area contributed by atoms with E-state index in [2.05, 4.69) is 20.5 Å². The highest BCUT2D eigenvalue weighted by Gasteiger charge is 2.51. The van der Waals surface area contributed by atoms with Gasteiger partial charge in [-0.2, -0.15) is 0 Å². The van der Waals surface area contributed by atoms with Crippen molar-refractivity contribution in [1.82, 2.24) is 20.5 Å². The van der Waals surface area contributed by atoms with Crippen LogP contribution in [0, 0.1) is 17.8 Å². The molecule has 1 amide bonds. The monoisotopic (exact) mass is 411 g/mol. The van der Waals surface area contributed by atoms with Gasteiger partial charge in [0.15, 0.2) is 10.9 Å². The van der Waals surface area contributed by atoms with E-state index in [9.17, 15) is 9.59 Å². The van der Waals surface area contributed by atoms with E-state index in [0.29, 0.717) is 16.4 Å². The molecule has 4 aliphatic carbocycles. The summed E-state index contributed by atoms with van der Waals surface area (Å²) in [4.78, 5) is 27.8. The van der Waals surface area contributed by atoms with Gasteiger partial charge in [-0.3, -0.25) is 14.6 Å². The first-order valence-electron chi connectivity index (χ1n) is 10.3. The molecule has 4 saturated carbocycles. The molecule has 0 unspecified atom stereocenters. The standard InChI is InChI=1S/C21H25N5O2S/c22-16-4-2-1-3-15(16)18-19(28)23-20(26-25-18)29-11-17(27)24-21-8-12-5-13(9-21)7-14(6-12)10-21/h1-4,12-14H,5-11,22H2,(H,24,27)(H,23,26,28). The number of aromatic amines is 1. The smallest absolute Gasteiger partial charge is 0.278 e. The van der Waals surface area contributed by atoms with E-state index in [-0.39, 0.29) is 28.5 Å². The van der Waals surface area contributed by atoms with Crippen molar-refractivity contribution in [2.24, 2.45) is 17.8 Å². The summed E-state index contributed by atoms with van der Waals surface area (Å²) in [7, 11) is 0. The van der Waals surface area contributed by atoms with Crippen molar-refractivity contribution in [2.45, 2.75) is 49.2 Å². The maximum Gasteiger partial charge on any atom is 0.278 e. The second kappa shape index (κ2) is 7.16. The summed E-state index contributed by atoms with van der Waals surface area (Å²) in [5, 5.41) is 11.8. The maximum atomic E-state index is 12.6. The number of nitrogens with two attached hydrogens (primary N) is 1. The number of para-hydroxylation sites is 1. The van der Waals surface area contributed by atoms with Gasteiger partial charge in [0.1, 0.15) is 0 Å². The number of H-pyrrole nitrogens is 1. The van der Waals surface area contributed by atoms with E-state index in [1.807, 2.05) is 0 Å². The lowest BCUT2D eigenvalue weighted by molar-refractivity contribution is -0.124. The van der Waals surface area contributed by atoms with Crippen molar-refractivity contribution in [3.63, 3.8) is 0 Å². The van der Waals surface area contributed by atoms with E-state index >= 15 is 0 Å². The van der Waals surface area contributed by atoms with Crippen LogP contribution < -0.4 is 16.6 Å². The lowest BCUT2D eigenvalue weighted by atomic mass is 9.53. The molecule has 4 aliphatic rings. The van der Waals surface area contributed by atoms with Crippen LogP contribution in [0.4, 0.5) is 5.69 Å². The van der Waals surface area contributed by atoms with Gasteiger partial charge >= 0.3 is 0 Å². The molecule has 1 aromatic carbocycles. The van der Waals surface area contributed by atoms with Crippen molar-refractivity contribution in [3.05, 3.63) is 34.6 Å². The zero-order chi connectivity index (χ0) is 20.0. The maximum absolute atomic E-state index is 12.6. The number of nitrogens with one attached hydrogen (secondary N) is 2. The molecule has 152 valence electrons. The minimum atomic E-state index is -0.359. The number of nitrogen functional groups attached to an aromatic ring is 1. The van der Waals surface area contributed by atoms with Gasteiger partial charge in [-0.15, -0.1) is 10.2 Å². The molecule has 4 fully saturated rings. The van der Waals surface area contributed by atoms with Crippen molar-refractivity contribution < 1.29 is 4.79 Å². The molecular formula is C21H25N5O2S. The number of rotatable bonds is 5. The summed E-state index contributed by atoms with van der Waals surface area (Å²) < 4.78 is 0. The third kappa shape index (κ3) is 3.66. The Kier molecular flexibility index (Phi) is 4.61. The van der Waals surface area contributed by atoms with Crippen molar-refractivity contribution >= 4 is 23.4 Å². The molecule has 0 spiro atoms. The average Bonchev–Trinajstić information content (AvgIpc) is 2.66. The van der Waals surface area contributed by atoms with Crippen LogP contribution in [0.15, 0.2) is 34.2 Å². The molecule has 7 nitrogen and oxygen atoms in total. The Morgan fingerprint density at radius 3 is 2.41 bits per heavy atom. The number of hydrogen-bond acceptors (Lipinski definition) is 6. The first-order valence-corrected chi connectivity index (χ1v) is 11.2. The molecule has 4 bridgehead atoms. The van der Waals surface area contributed by atoms with Crippen LogP contribution in [-0.4, -0.2) is 32.4 Å². The fraction of sp³-hybridized carbons (Fsp3) is 0.524. The Bertz CT molecular complexity index is 969. The quantitative estimate of drug-likeness (QED) is 0.515. The van der Waals surface area contributed by atoms with Gasteiger partial charge in [0.25, 0.3) is 5.56 Å².